The Balaban J connectivity index is 2.05. The van der Waals surface area contributed by atoms with Crippen LogP contribution in [0.4, 0.5) is 0 Å². The fourth-order valence-corrected chi connectivity index (χ4v) is 5.37. The molecule has 37 heavy (non-hydrogen) atoms. The third-order valence-electron chi connectivity index (χ3n) is 7.94. The van der Waals surface area contributed by atoms with E-state index in [0.717, 1.165) is 13.2 Å². The molecular formula is C36H62O. The van der Waals surface area contributed by atoms with E-state index < -0.39 is 0 Å². The fourth-order valence-electron chi connectivity index (χ4n) is 5.37. The highest BCUT2D eigenvalue weighted by Crippen LogP contribution is 2.40. The Bertz CT molecular complexity index is 728. The number of hydrogen-bond acceptors (Lipinski definition) is 1. The summed E-state index contributed by atoms with van der Waals surface area (Å²) in [5.41, 5.74) is 5.95. The first-order valence-corrected chi connectivity index (χ1v) is 15.8. The molecule has 1 rings (SSSR count). The molecule has 0 fully saturated rings. The zero-order chi connectivity index (χ0) is 27.2. The molecule has 212 valence electrons. The van der Waals surface area contributed by atoms with Gasteiger partial charge in [0.1, 0.15) is 0 Å². The van der Waals surface area contributed by atoms with Crippen LogP contribution in [-0.4, -0.2) is 13.2 Å². The average Bonchev–Trinajstić information content (AvgIpc) is 2.85. The average molecular weight is 511 g/mol. The molecule has 0 N–H and O–H groups in total. The van der Waals surface area contributed by atoms with Gasteiger partial charge in [0.25, 0.3) is 0 Å². The molecule has 0 spiro atoms. The maximum atomic E-state index is 5.83. The van der Waals surface area contributed by atoms with Gasteiger partial charge in [-0.1, -0.05) is 157 Å². The van der Waals surface area contributed by atoms with E-state index in [9.17, 15) is 0 Å². The zero-order valence-corrected chi connectivity index (χ0v) is 25.8. The fraction of sp³-hybridized carbons (Fsp3) is 0.722. The van der Waals surface area contributed by atoms with E-state index in [0.29, 0.717) is 5.41 Å². The Hall–Kier alpha value is -1.34. The lowest BCUT2D eigenvalue weighted by Gasteiger charge is -2.32. The van der Waals surface area contributed by atoms with Gasteiger partial charge in [-0.05, 0) is 57.4 Å². The third-order valence-corrected chi connectivity index (χ3v) is 7.94. The lowest BCUT2D eigenvalue weighted by atomic mass is 9.72. The van der Waals surface area contributed by atoms with Crippen molar-refractivity contribution in [1.82, 2.24) is 0 Å². The first-order chi connectivity index (χ1) is 17.9. The van der Waals surface area contributed by atoms with Crippen molar-refractivity contribution in [3.63, 3.8) is 0 Å². The molecule has 0 atom stereocenters. The molecule has 0 aromatic carbocycles. The molecule has 0 heterocycles. The van der Waals surface area contributed by atoms with Crippen LogP contribution >= 0.6 is 0 Å². The number of ether oxygens (including phenoxy) is 1. The van der Waals surface area contributed by atoms with Crippen LogP contribution in [0, 0.1) is 5.41 Å². The summed E-state index contributed by atoms with van der Waals surface area (Å²) in [5, 5.41) is 0. The predicted molar refractivity (Wildman–Crippen MR) is 167 cm³/mol. The minimum absolute atomic E-state index is 0.307. The van der Waals surface area contributed by atoms with Gasteiger partial charge in [-0.3, -0.25) is 0 Å². The highest BCUT2D eigenvalue weighted by atomic mass is 16.5. The van der Waals surface area contributed by atoms with Crippen LogP contribution in [-0.2, 0) is 4.74 Å². The summed E-state index contributed by atoms with van der Waals surface area (Å²) in [6.45, 7) is 15.3. The monoisotopic (exact) mass is 510 g/mol. The van der Waals surface area contributed by atoms with Gasteiger partial charge in [0.15, 0.2) is 0 Å². The summed E-state index contributed by atoms with van der Waals surface area (Å²) in [7, 11) is 0. The summed E-state index contributed by atoms with van der Waals surface area (Å²) < 4.78 is 5.83. The highest BCUT2D eigenvalue weighted by Gasteiger charge is 2.26. The van der Waals surface area contributed by atoms with Gasteiger partial charge >= 0.3 is 0 Å². The van der Waals surface area contributed by atoms with Gasteiger partial charge in [-0.15, -0.1) is 0 Å². The molecule has 0 aromatic rings. The quantitative estimate of drug-likeness (QED) is 0.110. The molecule has 0 aromatic heterocycles. The molecule has 0 amide bonds. The van der Waals surface area contributed by atoms with Crippen LogP contribution in [0.5, 0.6) is 0 Å². The summed E-state index contributed by atoms with van der Waals surface area (Å²) in [5.74, 6) is 0. The van der Waals surface area contributed by atoms with E-state index >= 15 is 0 Å². The van der Waals surface area contributed by atoms with Crippen molar-refractivity contribution in [3.05, 3.63) is 58.7 Å². The van der Waals surface area contributed by atoms with Crippen molar-refractivity contribution >= 4 is 0 Å². The van der Waals surface area contributed by atoms with E-state index in [-0.39, 0.29) is 0 Å². The topological polar surface area (TPSA) is 9.23 Å². The van der Waals surface area contributed by atoms with Crippen LogP contribution in [0.25, 0.3) is 0 Å². The van der Waals surface area contributed by atoms with Crippen LogP contribution in [0.2, 0.25) is 0 Å². The Labute approximate surface area is 232 Å². The van der Waals surface area contributed by atoms with Gasteiger partial charge in [-0.25, -0.2) is 0 Å². The Kier molecular flexibility index (Phi) is 19.6. The molecule has 0 saturated carbocycles. The van der Waals surface area contributed by atoms with Gasteiger partial charge in [0, 0.05) is 6.61 Å². The van der Waals surface area contributed by atoms with Crippen LogP contribution in [0.1, 0.15) is 151 Å². The standard InChI is InChI=1S/C36H62O/c1-7-8-9-10-11-12-13-14-15-16-17-18-19-20-30-37-31-28-33(3)24-21-23-32(2)26-27-35-34(4)25-22-29-36(35,5)6/h21,23-24,26-28H,7-20,22,25,29-31H2,1-6H3/b24-21+,27-26+,32-23+,33-28+. The van der Waals surface area contributed by atoms with Crippen molar-refractivity contribution in [2.75, 3.05) is 13.2 Å². The maximum absolute atomic E-state index is 5.83. The Morgan fingerprint density at radius 2 is 1.35 bits per heavy atom. The van der Waals surface area contributed by atoms with E-state index in [2.05, 4.69) is 78.0 Å². The molecule has 1 aliphatic carbocycles. The van der Waals surface area contributed by atoms with Crippen molar-refractivity contribution in [2.24, 2.45) is 5.41 Å². The molecule has 0 saturated heterocycles. The van der Waals surface area contributed by atoms with Crippen LogP contribution in [0.15, 0.2) is 58.7 Å². The Morgan fingerprint density at radius 1 is 0.784 bits per heavy atom. The van der Waals surface area contributed by atoms with Crippen molar-refractivity contribution in [1.29, 1.82) is 0 Å². The van der Waals surface area contributed by atoms with Gasteiger partial charge in [0.05, 0.1) is 6.61 Å². The molecule has 1 nitrogen and oxygen atoms in total. The lowest BCUT2D eigenvalue weighted by Crippen LogP contribution is -2.19. The predicted octanol–water partition coefficient (Wildman–Crippen LogP) is 12.0. The summed E-state index contributed by atoms with van der Waals surface area (Å²) in [6.07, 6.45) is 36.8. The van der Waals surface area contributed by atoms with Crippen molar-refractivity contribution in [2.45, 2.75) is 151 Å². The molecule has 0 unspecified atom stereocenters. The molecule has 1 aliphatic rings. The first-order valence-electron chi connectivity index (χ1n) is 15.8. The maximum Gasteiger partial charge on any atom is 0.0653 e. The molecular weight excluding hydrogens is 448 g/mol. The van der Waals surface area contributed by atoms with Crippen LogP contribution in [0.3, 0.4) is 0 Å². The number of hydrogen-bond donors (Lipinski definition) is 0. The second-order valence-electron chi connectivity index (χ2n) is 12.2. The normalized spacial score (nSPS) is 17.0. The minimum atomic E-state index is 0.307. The lowest BCUT2D eigenvalue weighted by molar-refractivity contribution is 0.157. The van der Waals surface area contributed by atoms with Crippen molar-refractivity contribution < 1.29 is 4.74 Å². The highest BCUT2D eigenvalue weighted by molar-refractivity contribution is 5.37. The second-order valence-corrected chi connectivity index (χ2v) is 12.2. The molecule has 0 radical (unpaired) electrons. The molecule has 0 bridgehead atoms. The number of allylic oxidation sites excluding steroid dienone is 9. The summed E-state index contributed by atoms with van der Waals surface area (Å²) >= 11 is 0. The SMILES string of the molecule is CCCCCCCCCCCCCCCCOC/C=C(C)/C=C/C=C(C)/C=C/C1=C(C)CCCC1(C)C. The third kappa shape index (κ3) is 17.7. The summed E-state index contributed by atoms with van der Waals surface area (Å²) in [6, 6.07) is 0. The van der Waals surface area contributed by atoms with Gasteiger partial charge in [0.2, 0.25) is 0 Å². The number of rotatable bonds is 21. The van der Waals surface area contributed by atoms with E-state index in [1.807, 2.05) is 0 Å². The Morgan fingerprint density at radius 3 is 1.92 bits per heavy atom. The second kappa shape index (κ2) is 21.6. The van der Waals surface area contributed by atoms with Crippen LogP contribution < -0.4 is 0 Å². The van der Waals surface area contributed by atoms with Gasteiger partial charge in [-0.2, -0.15) is 0 Å². The number of unbranched alkanes of at least 4 members (excludes halogenated alkanes) is 13. The largest absolute Gasteiger partial charge is 0.377 e. The van der Waals surface area contributed by atoms with Crippen molar-refractivity contribution in [3.8, 4) is 0 Å². The molecule has 0 aliphatic heterocycles. The smallest absolute Gasteiger partial charge is 0.0653 e. The van der Waals surface area contributed by atoms with E-state index in [1.165, 1.54) is 126 Å². The molecule has 1 heteroatoms. The van der Waals surface area contributed by atoms with E-state index in [4.69, 9.17) is 4.74 Å². The first kappa shape index (κ1) is 33.7. The zero-order valence-electron chi connectivity index (χ0n) is 25.8. The van der Waals surface area contributed by atoms with Gasteiger partial charge < -0.3 is 4.74 Å². The van der Waals surface area contributed by atoms with E-state index in [1.54, 1.807) is 5.57 Å². The summed E-state index contributed by atoms with van der Waals surface area (Å²) in [4.78, 5) is 0. The minimum Gasteiger partial charge on any atom is -0.377 e.